The van der Waals surface area contributed by atoms with Crippen molar-refractivity contribution in [2.45, 2.75) is 0 Å². The molecule has 0 unspecified atom stereocenters. The average molecular weight is 230 g/mol. The molecule has 1 aliphatic heterocycles. The van der Waals surface area contributed by atoms with Crippen molar-refractivity contribution in [2.24, 2.45) is 0 Å². The molecule has 2 heterocycles. The van der Waals surface area contributed by atoms with Gasteiger partial charge in [0.2, 0.25) is 6.79 Å². The van der Waals surface area contributed by atoms with Gasteiger partial charge in [0.15, 0.2) is 11.5 Å². The summed E-state index contributed by atoms with van der Waals surface area (Å²) in [6.45, 7) is 0.234. The van der Waals surface area contributed by atoms with E-state index in [9.17, 15) is 0 Å². The minimum Gasteiger partial charge on any atom is -0.454 e. The van der Waals surface area contributed by atoms with E-state index in [0.717, 1.165) is 10.9 Å². The van der Waals surface area contributed by atoms with Gasteiger partial charge in [-0.2, -0.15) is 5.26 Å². The van der Waals surface area contributed by atoms with E-state index >= 15 is 0 Å². The van der Waals surface area contributed by atoms with Crippen LogP contribution in [0, 0.1) is 16.0 Å². The Morgan fingerprint density at radius 1 is 1.25 bits per heavy atom. The predicted molar refractivity (Wildman–Crippen MR) is 60.0 cm³/mol. The molecule has 0 fully saturated rings. The lowest BCUT2D eigenvalue weighted by molar-refractivity contribution is 0.174. The Hall–Kier alpha value is -2.06. The Morgan fingerprint density at radius 3 is 2.75 bits per heavy atom. The lowest BCUT2D eigenvalue weighted by Crippen LogP contribution is -1.92. The van der Waals surface area contributed by atoms with E-state index in [0.29, 0.717) is 21.7 Å². The first kappa shape index (κ1) is 9.19. The molecule has 0 amide bonds. The fraction of sp³-hybridized carbons (Fsp3) is 0.0909. The van der Waals surface area contributed by atoms with Crippen LogP contribution in [0.15, 0.2) is 18.2 Å². The van der Waals surface area contributed by atoms with Gasteiger partial charge in [-0.05, 0) is 12.1 Å². The summed E-state index contributed by atoms with van der Waals surface area (Å²) in [5.41, 5.74) is 1.30. The van der Waals surface area contributed by atoms with Gasteiger partial charge in [-0.25, -0.2) is 0 Å². The van der Waals surface area contributed by atoms with Gasteiger partial charge in [-0.1, -0.05) is 12.2 Å². The van der Waals surface area contributed by atoms with Gasteiger partial charge in [-0.3, -0.25) is 0 Å². The molecule has 0 atom stereocenters. The van der Waals surface area contributed by atoms with Crippen LogP contribution >= 0.6 is 12.2 Å². The molecule has 0 spiro atoms. The molecule has 0 saturated heterocycles. The molecule has 0 radical (unpaired) electrons. The Labute approximate surface area is 96.0 Å². The summed E-state index contributed by atoms with van der Waals surface area (Å²) >= 11 is 5.06. The molecule has 0 aliphatic carbocycles. The number of fused-ring (bicyclic) bond motifs is 2. The van der Waals surface area contributed by atoms with E-state index in [-0.39, 0.29) is 6.79 Å². The molecule has 5 heteroatoms. The summed E-state index contributed by atoms with van der Waals surface area (Å²) in [6.07, 6.45) is 0. The summed E-state index contributed by atoms with van der Waals surface area (Å²) in [4.78, 5) is 3.00. The van der Waals surface area contributed by atoms with Gasteiger partial charge in [0.1, 0.15) is 10.7 Å². The van der Waals surface area contributed by atoms with Crippen LogP contribution in [0.25, 0.3) is 10.9 Å². The van der Waals surface area contributed by atoms with E-state index in [1.165, 1.54) is 0 Å². The quantitative estimate of drug-likeness (QED) is 0.706. The van der Waals surface area contributed by atoms with Crippen molar-refractivity contribution in [2.75, 3.05) is 6.79 Å². The third-order valence-corrected chi connectivity index (χ3v) is 2.78. The van der Waals surface area contributed by atoms with Crippen molar-refractivity contribution in [3.63, 3.8) is 0 Å². The maximum Gasteiger partial charge on any atom is 0.231 e. The van der Waals surface area contributed by atoms with Crippen molar-refractivity contribution in [3.05, 3.63) is 28.4 Å². The molecule has 0 bridgehead atoms. The molecule has 4 nitrogen and oxygen atoms in total. The maximum atomic E-state index is 8.88. The van der Waals surface area contributed by atoms with Crippen molar-refractivity contribution < 1.29 is 9.47 Å². The molecule has 16 heavy (non-hydrogen) atoms. The van der Waals surface area contributed by atoms with E-state index < -0.39 is 0 Å². The van der Waals surface area contributed by atoms with E-state index in [4.69, 9.17) is 27.0 Å². The topological polar surface area (TPSA) is 58.0 Å². The first-order valence-corrected chi connectivity index (χ1v) is 5.05. The number of ether oxygens (including phenoxy) is 2. The zero-order chi connectivity index (χ0) is 11.1. The number of hydrogen-bond donors (Lipinski definition) is 1. The summed E-state index contributed by atoms with van der Waals surface area (Å²) in [5, 5.41) is 9.76. The molecule has 1 aliphatic rings. The number of nitrogens with zero attached hydrogens (tertiary/aromatic N) is 1. The van der Waals surface area contributed by atoms with E-state index in [2.05, 4.69) is 4.98 Å². The lowest BCUT2D eigenvalue weighted by Gasteiger charge is -2.01. The Kier molecular flexibility index (Phi) is 1.85. The number of aromatic amines is 1. The second kappa shape index (κ2) is 3.22. The number of rotatable bonds is 0. The average Bonchev–Trinajstić information content (AvgIpc) is 2.72. The molecule has 3 rings (SSSR count). The Morgan fingerprint density at radius 2 is 2.00 bits per heavy atom. The van der Waals surface area contributed by atoms with Gasteiger partial charge in [0.25, 0.3) is 0 Å². The van der Waals surface area contributed by atoms with Crippen molar-refractivity contribution in [3.8, 4) is 17.6 Å². The monoisotopic (exact) mass is 230 g/mol. The van der Waals surface area contributed by atoms with Crippen molar-refractivity contribution in [1.82, 2.24) is 4.98 Å². The molecule has 78 valence electrons. The maximum absolute atomic E-state index is 8.88. The standard InChI is InChI=1S/C11H6N2O2S/c12-4-7-1-6-2-9-10(15-5-14-9)3-8(6)13-11(7)16/h1-3H,5H2,(H,13,16). The highest BCUT2D eigenvalue weighted by Gasteiger charge is 2.14. The number of H-pyrrole nitrogens is 1. The highest BCUT2D eigenvalue weighted by Crippen LogP contribution is 2.35. The van der Waals surface area contributed by atoms with Gasteiger partial charge in [0.05, 0.1) is 11.1 Å². The van der Waals surface area contributed by atoms with Crippen LogP contribution in [-0.4, -0.2) is 11.8 Å². The van der Waals surface area contributed by atoms with Crippen LogP contribution in [-0.2, 0) is 0 Å². The van der Waals surface area contributed by atoms with Crippen molar-refractivity contribution in [1.29, 1.82) is 5.26 Å². The summed E-state index contributed by atoms with van der Waals surface area (Å²) in [5.74, 6) is 1.39. The highest BCUT2D eigenvalue weighted by atomic mass is 32.1. The number of aromatic nitrogens is 1. The van der Waals surface area contributed by atoms with Crippen molar-refractivity contribution >= 4 is 23.1 Å². The molecule has 1 aromatic heterocycles. The van der Waals surface area contributed by atoms with Gasteiger partial charge in [-0.15, -0.1) is 0 Å². The largest absolute Gasteiger partial charge is 0.454 e. The fourth-order valence-electron chi connectivity index (χ4n) is 1.68. The zero-order valence-electron chi connectivity index (χ0n) is 8.11. The minimum atomic E-state index is 0.234. The fourth-order valence-corrected chi connectivity index (χ4v) is 1.89. The summed E-state index contributed by atoms with van der Waals surface area (Å²) in [7, 11) is 0. The van der Waals surface area contributed by atoms with Gasteiger partial charge in [0, 0.05) is 11.5 Å². The molecule has 1 N–H and O–H groups in total. The number of pyridine rings is 1. The normalized spacial score (nSPS) is 12.7. The number of nitriles is 1. The lowest BCUT2D eigenvalue weighted by atomic mass is 10.1. The molecular formula is C11H6N2O2S. The van der Waals surface area contributed by atoms with Crippen LogP contribution in [0.3, 0.4) is 0 Å². The molecular weight excluding hydrogens is 224 g/mol. The van der Waals surface area contributed by atoms with E-state index in [1.54, 1.807) is 6.07 Å². The van der Waals surface area contributed by atoms with E-state index in [1.807, 2.05) is 18.2 Å². The van der Waals surface area contributed by atoms with Crippen LogP contribution in [0.5, 0.6) is 11.5 Å². The molecule has 1 aromatic carbocycles. The third-order valence-electron chi connectivity index (χ3n) is 2.46. The zero-order valence-corrected chi connectivity index (χ0v) is 8.93. The molecule has 2 aromatic rings. The minimum absolute atomic E-state index is 0.234. The first-order valence-electron chi connectivity index (χ1n) is 4.65. The molecule has 0 saturated carbocycles. The van der Waals surface area contributed by atoms with Crippen LogP contribution in [0.4, 0.5) is 0 Å². The van der Waals surface area contributed by atoms with Gasteiger partial charge >= 0.3 is 0 Å². The number of benzene rings is 1. The number of nitrogens with one attached hydrogen (secondary N) is 1. The second-order valence-corrected chi connectivity index (χ2v) is 3.82. The smallest absolute Gasteiger partial charge is 0.231 e. The summed E-state index contributed by atoms with van der Waals surface area (Å²) < 4.78 is 11.0. The van der Waals surface area contributed by atoms with Gasteiger partial charge < -0.3 is 14.5 Å². The van der Waals surface area contributed by atoms with Crippen LogP contribution < -0.4 is 9.47 Å². The second-order valence-electron chi connectivity index (χ2n) is 3.42. The SMILES string of the molecule is N#Cc1cc2cc3c(cc2[nH]c1=S)OCO3. The Balaban J connectivity index is 2.37. The summed E-state index contributed by atoms with van der Waals surface area (Å²) in [6, 6.07) is 7.46. The predicted octanol–water partition coefficient (Wildman–Crippen LogP) is 2.50. The van der Waals surface area contributed by atoms with Crippen LogP contribution in [0.2, 0.25) is 0 Å². The van der Waals surface area contributed by atoms with Crippen LogP contribution in [0.1, 0.15) is 5.56 Å². The Bertz CT molecular complexity index is 685. The third kappa shape index (κ3) is 1.24. The number of hydrogen-bond acceptors (Lipinski definition) is 4. The first-order chi connectivity index (χ1) is 7.78. The highest BCUT2D eigenvalue weighted by molar-refractivity contribution is 7.71.